The minimum absolute atomic E-state index is 0.163. The van der Waals surface area contributed by atoms with Crippen LogP contribution in [-0.4, -0.2) is 39.6 Å². The molecule has 0 aromatic carbocycles. The van der Waals surface area contributed by atoms with E-state index in [2.05, 4.69) is 9.99 Å². The molecule has 0 aromatic heterocycles. The Bertz CT molecular complexity index is 358. The van der Waals surface area contributed by atoms with E-state index in [1.807, 2.05) is 0 Å². The summed E-state index contributed by atoms with van der Waals surface area (Å²) in [7, 11) is 0.828. The molecule has 0 bridgehead atoms. The quantitative estimate of drug-likeness (QED) is 0.260. The number of carbonyl (C=O) groups is 1. The van der Waals surface area contributed by atoms with Gasteiger partial charge in [0, 0.05) is 25.8 Å². The third-order valence-electron chi connectivity index (χ3n) is 1.47. The number of rotatable bonds is 4. The fourth-order valence-corrected chi connectivity index (χ4v) is 0.916. The normalized spacial score (nSPS) is 12.6. The van der Waals surface area contributed by atoms with E-state index in [4.69, 9.17) is 0 Å². The molecule has 104 valence electrons. The minimum atomic E-state index is -4.64. The van der Waals surface area contributed by atoms with E-state index in [1.54, 1.807) is 0 Å². The molecule has 0 aliphatic heterocycles. The van der Waals surface area contributed by atoms with Crippen LogP contribution in [0.1, 0.15) is 13.8 Å². The fourth-order valence-electron chi connectivity index (χ4n) is 0.498. The van der Waals surface area contributed by atoms with Crippen LogP contribution in [0.15, 0.2) is 5.16 Å². The van der Waals surface area contributed by atoms with E-state index in [9.17, 15) is 28.1 Å². The van der Waals surface area contributed by atoms with Gasteiger partial charge in [-0.15, -0.1) is 0 Å². The molecule has 11 heteroatoms. The van der Waals surface area contributed by atoms with Crippen molar-refractivity contribution in [2.45, 2.75) is 24.9 Å². The summed E-state index contributed by atoms with van der Waals surface area (Å²) in [5.41, 5.74) is -6.23. The number of carbonyl (C=O) groups excluding carboxylic acids is 1. The van der Waals surface area contributed by atoms with Crippen LogP contribution in [0.3, 0.4) is 0 Å². The molecule has 0 saturated carbocycles. The molecule has 0 spiro atoms. The van der Waals surface area contributed by atoms with Gasteiger partial charge in [-0.2, -0.15) is 13.2 Å². The monoisotopic (exact) mass is 289 g/mol. The lowest BCUT2D eigenvalue weighted by Crippen LogP contribution is -2.33. The van der Waals surface area contributed by atoms with Crippen molar-refractivity contribution in [3.63, 3.8) is 0 Å². The first kappa shape index (κ1) is 16.5. The fraction of sp³-hybridized carbons (Fsp3) is 0.714. The zero-order chi connectivity index (χ0) is 14.6. The van der Waals surface area contributed by atoms with Gasteiger partial charge >= 0.3 is 11.6 Å². The Kier molecular flexibility index (Phi) is 5.39. The Morgan fingerprint density at radius 3 is 2.39 bits per heavy atom. The average Bonchev–Trinajstić information content (AvgIpc) is 2.14. The van der Waals surface area contributed by atoms with Crippen LogP contribution in [0.4, 0.5) is 18.0 Å². The van der Waals surface area contributed by atoms with E-state index in [0.717, 1.165) is 7.05 Å². The van der Waals surface area contributed by atoms with Crippen molar-refractivity contribution in [3.8, 4) is 0 Å². The maximum atomic E-state index is 11.9. The number of nitrogens with zero attached hydrogens (tertiary/aromatic N) is 3. The van der Waals surface area contributed by atoms with Crippen LogP contribution in [0.2, 0.25) is 0 Å². The molecule has 0 N–H and O–H groups in total. The number of amides is 1. The molecule has 0 rings (SSSR count). The minimum Gasteiger partial charge on any atom is -0.297 e. The summed E-state index contributed by atoms with van der Waals surface area (Å²) in [6.07, 6.45) is -0.690. The van der Waals surface area contributed by atoms with Crippen LogP contribution < -0.4 is 0 Å². The highest BCUT2D eigenvalue weighted by Crippen LogP contribution is 2.32. The van der Waals surface area contributed by atoms with Gasteiger partial charge in [-0.05, 0) is 0 Å². The topological polar surface area (TPSA) is 85.0 Å². The summed E-state index contributed by atoms with van der Waals surface area (Å²) in [4.78, 5) is 24.8. The van der Waals surface area contributed by atoms with E-state index in [0.29, 0.717) is 6.21 Å². The maximum Gasteiger partial charge on any atom is 0.461 e. The lowest BCUT2D eigenvalue weighted by atomic mass is 10.1. The van der Waals surface area contributed by atoms with Crippen molar-refractivity contribution in [1.82, 2.24) is 4.31 Å². The third-order valence-corrected chi connectivity index (χ3v) is 2.10. The summed E-state index contributed by atoms with van der Waals surface area (Å²) in [5.74, 6) is 0. The van der Waals surface area contributed by atoms with Crippen molar-refractivity contribution < 1.29 is 27.7 Å². The van der Waals surface area contributed by atoms with Crippen molar-refractivity contribution in [3.05, 3.63) is 10.1 Å². The first-order valence-electron chi connectivity index (χ1n) is 4.35. The molecule has 0 saturated heterocycles. The van der Waals surface area contributed by atoms with Crippen molar-refractivity contribution in [1.29, 1.82) is 0 Å². The predicted octanol–water partition coefficient (Wildman–Crippen LogP) is 2.26. The molecule has 0 aliphatic carbocycles. The molecule has 0 aliphatic rings. The lowest BCUT2D eigenvalue weighted by molar-refractivity contribution is -0.536. The number of hydrogen-bond donors (Lipinski definition) is 0. The van der Waals surface area contributed by atoms with Gasteiger partial charge in [0.05, 0.1) is 11.9 Å². The summed E-state index contributed by atoms with van der Waals surface area (Å²) < 4.78 is 35.8. The standard InChI is InChI=1S/C7H10F3N3O4S/c1-6(2,13(15)16)4-11-17-5(14)12(3)18-7(8,9)10/h4H,1-3H3/b11-4+. The maximum absolute atomic E-state index is 11.9. The third kappa shape index (κ3) is 6.27. The number of hydrogen-bond acceptors (Lipinski definition) is 6. The molecule has 0 heterocycles. The van der Waals surface area contributed by atoms with E-state index >= 15 is 0 Å². The number of halogens is 3. The molecule has 1 amide bonds. The number of nitro groups is 1. The molecule has 0 unspecified atom stereocenters. The second-order valence-electron chi connectivity index (χ2n) is 3.54. The molecule has 0 atom stereocenters. The van der Waals surface area contributed by atoms with Gasteiger partial charge in [-0.3, -0.25) is 15.0 Å². The summed E-state index contributed by atoms with van der Waals surface area (Å²) in [5, 5.41) is 13.4. The van der Waals surface area contributed by atoms with E-state index in [1.165, 1.54) is 13.8 Å². The Morgan fingerprint density at radius 1 is 1.50 bits per heavy atom. The molecular formula is C7H10F3N3O4S. The smallest absolute Gasteiger partial charge is 0.297 e. The molecule has 18 heavy (non-hydrogen) atoms. The van der Waals surface area contributed by atoms with Gasteiger partial charge in [-0.25, -0.2) is 9.10 Å². The highest BCUT2D eigenvalue weighted by Gasteiger charge is 2.34. The first-order valence-corrected chi connectivity index (χ1v) is 5.12. The van der Waals surface area contributed by atoms with Crippen LogP contribution in [0.25, 0.3) is 0 Å². The van der Waals surface area contributed by atoms with Gasteiger partial charge in [0.15, 0.2) is 0 Å². The van der Waals surface area contributed by atoms with Crippen LogP contribution in [0, 0.1) is 10.1 Å². The number of alkyl halides is 3. The zero-order valence-corrected chi connectivity index (χ0v) is 10.4. The van der Waals surface area contributed by atoms with Gasteiger partial charge < -0.3 is 0 Å². The van der Waals surface area contributed by atoms with Crippen LogP contribution in [0.5, 0.6) is 0 Å². The molecule has 0 radical (unpaired) electrons. The van der Waals surface area contributed by atoms with E-state index in [-0.39, 0.29) is 4.31 Å². The summed E-state index contributed by atoms with van der Waals surface area (Å²) in [6.45, 7) is 2.36. The van der Waals surface area contributed by atoms with E-state index < -0.39 is 34.0 Å². The van der Waals surface area contributed by atoms with Gasteiger partial charge in [0.25, 0.3) is 5.54 Å². The Hall–Kier alpha value is -1.52. The first-order chi connectivity index (χ1) is 7.96. The van der Waals surface area contributed by atoms with Crippen molar-refractivity contribution in [2.24, 2.45) is 5.16 Å². The molecular weight excluding hydrogens is 279 g/mol. The average molecular weight is 289 g/mol. The lowest BCUT2D eigenvalue weighted by Gasteiger charge is -2.14. The van der Waals surface area contributed by atoms with Gasteiger partial charge in [-0.1, -0.05) is 5.16 Å². The number of oxime groups is 1. The highest BCUT2D eigenvalue weighted by atomic mass is 32.2. The predicted molar refractivity (Wildman–Crippen MR) is 57.5 cm³/mol. The van der Waals surface area contributed by atoms with Gasteiger partial charge in [0.2, 0.25) is 0 Å². The molecule has 0 aromatic rings. The van der Waals surface area contributed by atoms with Crippen LogP contribution >= 0.6 is 11.9 Å². The Balaban J connectivity index is 4.35. The molecule has 0 fully saturated rings. The zero-order valence-electron chi connectivity index (χ0n) is 9.59. The largest absolute Gasteiger partial charge is 0.461 e. The van der Waals surface area contributed by atoms with Crippen molar-refractivity contribution in [2.75, 3.05) is 7.05 Å². The van der Waals surface area contributed by atoms with Crippen LogP contribution in [-0.2, 0) is 4.84 Å². The summed E-state index contributed by atoms with van der Waals surface area (Å²) in [6, 6.07) is 0. The second kappa shape index (κ2) is 5.89. The molecule has 7 nitrogen and oxygen atoms in total. The van der Waals surface area contributed by atoms with Gasteiger partial charge in [0.1, 0.15) is 6.21 Å². The Labute approximate surface area is 104 Å². The SMILES string of the molecule is CN(SC(F)(F)F)C(=O)O/N=C/C(C)(C)[N+](=O)[O-]. The second-order valence-corrected chi connectivity index (χ2v) is 4.73. The van der Waals surface area contributed by atoms with Crippen molar-refractivity contribution >= 4 is 24.3 Å². The Morgan fingerprint density at radius 2 is 2.00 bits per heavy atom. The summed E-state index contributed by atoms with van der Waals surface area (Å²) >= 11 is -0.720. The highest BCUT2D eigenvalue weighted by molar-refractivity contribution is 7.98.